The van der Waals surface area contributed by atoms with Gasteiger partial charge in [-0.15, -0.1) is 0 Å². The minimum Gasteiger partial charge on any atom is -0.508 e. The van der Waals surface area contributed by atoms with Crippen LogP contribution in [0.25, 0.3) is 6.08 Å². The van der Waals surface area contributed by atoms with Gasteiger partial charge in [0.05, 0.1) is 4.90 Å². The number of likely N-dealkylation sites (N-methyl/N-ethyl adjacent to an activating group) is 1. The summed E-state index contributed by atoms with van der Waals surface area (Å²) in [6.45, 7) is 0. The maximum atomic E-state index is 12.7. The summed E-state index contributed by atoms with van der Waals surface area (Å²) in [7, 11) is -1.94. The molecule has 1 saturated carbocycles. The van der Waals surface area contributed by atoms with Crippen molar-refractivity contribution in [3.8, 4) is 5.75 Å². The van der Waals surface area contributed by atoms with E-state index in [-0.39, 0.29) is 22.6 Å². The molecule has 0 heterocycles. The molecule has 2 aromatic carbocycles. The number of phenols is 1. The summed E-state index contributed by atoms with van der Waals surface area (Å²) in [5.74, 6) is -0.0746. The Hall–Kier alpha value is -2.64. The molecule has 0 aromatic heterocycles. The fourth-order valence-corrected chi connectivity index (χ4v) is 4.83. The smallest absolute Gasteiger partial charge is 0.250 e. The molecule has 1 fully saturated rings. The van der Waals surface area contributed by atoms with Gasteiger partial charge in [0.25, 0.3) is 5.91 Å². The molecule has 160 valence electrons. The minimum absolute atomic E-state index is 0.00790. The third-order valence-corrected chi connectivity index (χ3v) is 6.89. The summed E-state index contributed by atoms with van der Waals surface area (Å²) in [6, 6.07) is 12.8. The van der Waals surface area contributed by atoms with E-state index in [9.17, 15) is 18.3 Å². The van der Waals surface area contributed by atoms with Crippen LogP contribution in [0, 0.1) is 0 Å². The molecule has 0 radical (unpaired) electrons. The number of sulfonamides is 1. The van der Waals surface area contributed by atoms with Crippen LogP contribution in [0.2, 0.25) is 0 Å². The van der Waals surface area contributed by atoms with Crippen LogP contribution >= 0.6 is 0 Å². The van der Waals surface area contributed by atoms with Crippen LogP contribution in [-0.2, 0) is 14.8 Å². The van der Waals surface area contributed by atoms with Crippen molar-refractivity contribution in [1.82, 2.24) is 4.72 Å². The zero-order valence-corrected chi connectivity index (χ0v) is 17.9. The van der Waals surface area contributed by atoms with Crippen LogP contribution in [0.3, 0.4) is 0 Å². The van der Waals surface area contributed by atoms with Crippen LogP contribution in [0.15, 0.2) is 59.5 Å². The van der Waals surface area contributed by atoms with E-state index in [0.717, 1.165) is 44.1 Å². The number of aromatic hydroxyl groups is 1. The summed E-state index contributed by atoms with van der Waals surface area (Å²) in [4.78, 5) is 14.1. The molecule has 30 heavy (non-hydrogen) atoms. The number of hydrogen-bond donors (Lipinski definition) is 2. The molecule has 3 rings (SSSR count). The van der Waals surface area contributed by atoms with Crippen molar-refractivity contribution in [3.05, 3.63) is 60.2 Å². The number of phenolic OH excluding ortho intramolecular Hbond substituents is 1. The largest absolute Gasteiger partial charge is 0.508 e. The van der Waals surface area contributed by atoms with Crippen molar-refractivity contribution in [2.45, 2.75) is 49.5 Å². The Kier molecular flexibility index (Phi) is 7.29. The number of nitrogens with one attached hydrogen (secondary N) is 1. The van der Waals surface area contributed by atoms with Crippen molar-refractivity contribution in [3.63, 3.8) is 0 Å². The molecular formula is C23H28N2O4S. The summed E-state index contributed by atoms with van der Waals surface area (Å²) in [5, 5.41) is 9.31. The zero-order valence-electron chi connectivity index (χ0n) is 17.1. The number of benzene rings is 2. The van der Waals surface area contributed by atoms with E-state index in [0.29, 0.717) is 5.69 Å². The summed E-state index contributed by atoms with van der Waals surface area (Å²) in [6.07, 6.45) is 9.28. The second-order valence-electron chi connectivity index (χ2n) is 7.63. The number of rotatable bonds is 6. The highest BCUT2D eigenvalue weighted by Crippen LogP contribution is 2.21. The highest BCUT2D eigenvalue weighted by Gasteiger charge is 2.21. The summed E-state index contributed by atoms with van der Waals surface area (Å²) < 4.78 is 28.2. The molecule has 1 aliphatic carbocycles. The third kappa shape index (κ3) is 5.93. The Labute approximate surface area is 178 Å². The Morgan fingerprint density at radius 1 is 1.00 bits per heavy atom. The first kappa shape index (κ1) is 22.1. The average Bonchev–Trinajstić information content (AvgIpc) is 3.01. The molecule has 0 bridgehead atoms. The average molecular weight is 429 g/mol. The fraction of sp³-hybridized carbons (Fsp3) is 0.348. The van der Waals surface area contributed by atoms with Gasteiger partial charge in [-0.3, -0.25) is 4.79 Å². The standard InChI is InChI=1S/C23H28N2O4S/c1-25(23(27)17-10-18-8-13-21(26)14-9-18)20-11-15-22(16-12-20)30(28,29)24-19-6-4-2-3-5-7-19/h8-17,19,24,26H,2-7H2,1H3. The van der Waals surface area contributed by atoms with Gasteiger partial charge in [-0.05, 0) is 60.9 Å². The van der Waals surface area contributed by atoms with Crippen molar-refractivity contribution in [1.29, 1.82) is 0 Å². The van der Waals surface area contributed by atoms with E-state index in [4.69, 9.17) is 0 Å². The van der Waals surface area contributed by atoms with Gasteiger partial charge in [0, 0.05) is 24.9 Å². The molecular weight excluding hydrogens is 400 g/mol. The van der Waals surface area contributed by atoms with E-state index in [1.807, 2.05) is 0 Å². The van der Waals surface area contributed by atoms with E-state index in [2.05, 4.69) is 4.72 Å². The van der Waals surface area contributed by atoms with Gasteiger partial charge >= 0.3 is 0 Å². The van der Waals surface area contributed by atoms with Gasteiger partial charge in [0.2, 0.25) is 10.0 Å². The quantitative estimate of drug-likeness (QED) is 0.536. The first-order valence-corrected chi connectivity index (χ1v) is 11.7. The maximum Gasteiger partial charge on any atom is 0.250 e. The lowest BCUT2D eigenvalue weighted by atomic mass is 10.1. The Morgan fingerprint density at radius 2 is 1.60 bits per heavy atom. The van der Waals surface area contributed by atoms with Crippen LogP contribution < -0.4 is 9.62 Å². The van der Waals surface area contributed by atoms with Crippen LogP contribution in [-0.4, -0.2) is 32.5 Å². The lowest BCUT2D eigenvalue weighted by Crippen LogP contribution is -2.34. The van der Waals surface area contributed by atoms with Crippen molar-refractivity contribution in [2.24, 2.45) is 0 Å². The molecule has 0 unspecified atom stereocenters. The highest BCUT2D eigenvalue weighted by atomic mass is 32.2. The molecule has 2 N–H and O–H groups in total. The lowest BCUT2D eigenvalue weighted by molar-refractivity contribution is -0.113. The molecule has 1 amide bonds. The molecule has 6 nitrogen and oxygen atoms in total. The third-order valence-electron chi connectivity index (χ3n) is 5.35. The van der Waals surface area contributed by atoms with Crippen molar-refractivity contribution in [2.75, 3.05) is 11.9 Å². The van der Waals surface area contributed by atoms with E-state index in [1.54, 1.807) is 49.5 Å². The Bertz CT molecular complexity index is 975. The molecule has 0 saturated heterocycles. The summed E-state index contributed by atoms with van der Waals surface area (Å²) in [5.41, 5.74) is 1.39. The van der Waals surface area contributed by atoms with E-state index < -0.39 is 10.0 Å². The molecule has 0 spiro atoms. The Morgan fingerprint density at radius 3 is 2.20 bits per heavy atom. The maximum absolute atomic E-state index is 12.7. The van der Waals surface area contributed by atoms with Gasteiger partial charge < -0.3 is 10.0 Å². The Balaban J connectivity index is 1.64. The SMILES string of the molecule is CN(C(=O)C=Cc1ccc(O)cc1)c1ccc(S(=O)(=O)NC2CCCCCC2)cc1. The lowest BCUT2D eigenvalue weighted by Gasteiger charge is -2.18. The number of carbonyl (C=O) groups is 1. The number of carbonyl (C=O) groups excluding carboxylic acids is 1. The molecule has 0 aliphatic heterocycles. The number of anilines is 1. The van der Waals surface area contributed by atoms with Crippen LogP contribution in [0.5, 0.6) is 5.75 Å². The predicted molar refractivity (Wildman–Crippen MR) is 119 cm³/mol. The first-order valence-electron chi connectivity index (χ1n) is 10.2. The van der Waals surface area contributed by atoms with E-state index >= 15 is 0 Å². The predicted octanol–water partition coefficient (Wildman–Crippen LogP) is 4.07. The van der Waals surface area contributed by atoms with Crippen molar-refractivity contribution >= 4 is 27.7 Å². The monoisotopic (exact) mass is 428 g/mol. The second kappa shape index (κ2) is 9.91. The molecule has 1 aliphatic rings. The normalized spacial score (nSPS) is 15.8. The molecule has 2 aromatic rings. The van der Waals surface area contributed by atoms with Gasteiger partial charge in [-0.2, -0.15) is 0 Å². The first-order chi connectivity index (χ1) is 14.3. The highest BCUT2D eigenvalue weighted by molar-refractivity contribution is 7.89. The fourth-order valence-electron chi connectivity index (χ4n) is 3.53. The number of nitrogens with zero attached hydrogens (tertiary/aromatic N) is 1. The van der Waals surface area contributed by atoms with E-state index in [1.165, 1.54) is 23.1 Å². The van der Waals surface area contributed by atoms with Crippen LogP contribution in [0.4, 0.5) is 5.69 Å². The minimum atomic E-state index is -3.58. The molecule has 0 atom stereocenters. The van der Waals surface area contributed by atoms with Gasteiger partial charge in [0.1, 0.15) is 5.75 Å². The topological polar surface area (TPSA) is 86.7 Å². The van der Waals surface area contributed by atoms with Crippen molar-refractivity contribution < 1.29 is 18.3 Å². The molecule has 7 heteroatoms. The van der Waals surface area contributed by atoms with Gasteiger partial charge in [-0.1, -0.05) is 37.8 Å². The number of hydrogen-bond acceptors (Lipinski definition) is 4. The number of amides is 1. The zero-order chi connectivity index (χ0) is 21.6. The van der Waals surface area contributed by atoms with Gasteiger partial charge in [-0.25, -0.2) is 13.1 Å². The van der Waals surface area contributed by atoms with Gasteiger partial charge in [0.15, 0.2) is 0 Å². The summed E-state index contributed by atoms with van der Waals surface area (Å²) >= 11 is 0. The van der Waals surface area contributed by atoms with Crippen LogP contribution in [0.1, 0.15) is 44.1 Å². The second-order valence-corrected chi connectivity index (χ2v) is 9.34.